The molecule has 4 heterocycles. The van der Waals surface area contributed by atoms with Crippen molar-refractivity contribution in [3.05, 3.63) is 41.5 Å². The van der Waals surface area contributed by atoms with Gasteiger partial charge in [-0.15, -0.1) is 11.3 Å². The molecule has 0 atom stereocenters. The summed E-state index contributed by atoms with van der Waals surface area (Å²) < 4.78 is 0. The Morgan fingerprint density at radius 2 is 1.66 bits per heavy atom. The lowest BCUT2D eigenvalue weighted by Gasteiger charge is -2.34. The van der Waals surface area contributed by atoms with Crippen LogP contribution in [0.25, 0.3) is 21.3 Å². The third kappa shape index (κ3) is 4.02. The standard InChI is InChI=1S/C23H29N5S/c1-26-12-14-28(15-13-26)22-21-19(18-8-4-2-5-9-18)17-29-23(21)25-20(24-22)16-27-10-6-3-7-11-27/h2,4-5,8-9,17H,3,6-7,10-16H2,1H3. The van der Waals surface area contributed by atoms with Crippen LogP contribution in [0.1, 0.15) is 25.1 Å². The zero-order chi connectivity index (χ0) is 19.6. The Morgan fingerprint density at radius 3 is 2.41 bits per heavy atom. The van der Waals surface area contributed by atoms with Gasteiger partial charge in [0.2, 0.25) is 0 Å². The molecule has 2 fully saturated rings. The molecule has 0 N–H and O–H groups in total. The molecule has 2 aromatic heterocycles. The number of hydrogen-bond donors (Lipinski definition) is 0. The molecule has 0 bridgehead atoms. The predicted molar refractivity (Wildman–Crippen MR) is 122 cm³/mol. The fourth-order valence-electron chi connectivity index (χ4n) is 4.43. The van der Waals surface area contributed by atoms with E-state index in [1.54, 1.807) is 11.3 Å². The zero-order valence-electron chi connectivity index (χ0n) is 17.2. The molecule has 0 unspecified atom stereocenters. The summed E-state index contributed by atoms with van der Waals surface area (Å²) in [5.74, 6) is 2.12. The largest absolute Gasteiger partial charge is 0.353 e. The normalized spacial score (nSPS) is 19.1. The van der Waals surface area contributed by atoms with Crippen LogP contribution in [0.3, 0.4) is 0 Å². The van der Waals surface area contributed by atoms with Gasteiger partial charge in [0.05, 0.1) is 11.9 Å². The summed E-state index contributed by atoms with van der Waals surface area (Å²) in [6.07, 6.45) is 3.95. The van der Waals surface area contributed by atoms with Crippen molar-refractivity contribution in [3.8, 4) is 11.1 Å². The van der Waals surface area contributed by atoms with E-state index in [4.69, 9.17) is 9.97 Å². The van der Waals surface area contributed by atoms with Crippen LogP contribution in [0.4, 0.5) is 5.82 Å². The summed E-state index contributed by atoms with van der Waals surface area (Å²) in [6, 6.07) is 10.7. The first-order valence-corrected chi connectivity index (χ1v) is 11.7. The van der Waals surface area contributed by atoms with Crippen molar-refractivity contribution < 1.29 is 0 Å². The Hall–Kier alpha value is -2.02. The molecule has 5 nitrogen and oxygen atoms in total. The number of nitrogens with zero attached hydrogens (tertiary/aromatic N) is 5. The molecule has 6 heteroatoms. The molecule has 2 aliphatic heterocycles. The Balaban J connectivity index is 1.57. The number of likely N-dealkylation sites (N-methyl/N-ethyl adjacent to an activating group) is 1. The molecule has 152 valence electrons. The maximum Gasteiger partial charge on any atom is 0.146 e. The lowest BCUT2D eigenvalue weighted by atomic mass is 10.1. The van der Waals surface area contributed by atoms with Crippen molar-refractivity contribution in [1.29, 1.82) is 0 Å². The topological polar surface area (TPSA) is 35.5 Å². The van der Waals surface area contributed by atoms with Crippen molar-refractivity contribution in [2.45, 2.75) is 25.8 Å². The van der Waals surface area contributed by atoms with Crippen LogP contribution in [0, 0.1) is 0 Å². The van der Waals surface area contributed by atoms with Gasteiger partial charge in [0.15, 0.2) is 0 Å². The predicted octanol–water partition coefficient (Wildman–Crippen LogP) is 4.10. The van der Waals surface area contributed by atoms with Crippen LogP contribution in [0.5, 0.6) is 0 Å². The smallest absolute Gasteiger partial charge is 0.146 e. The summed E-state index contributed by atoms with van der Waals surface area (Å²) in [5, 5.41) is 3.49. The van der Waals surface area contributed by atoms with Gasteiger partial charge in [-0.25, -0.2) is 9.97 Å². The minimum Gasteiger partial charge on any atom is -0.353 e. The first kappa shape index (κ1) is 19.0. The van der Waals surface area contributed by atoms with E-state index in [1.807, 2.05) is 0 Å². The molecule has 0 radical (unpaired) electrons. The first-order chi connectivity index (χ1) is 14.3. The van der Waals surface area contributed by atoms with Gasteiger partial charge < -0.3 is 9.80 Å². The number of piperidine rings is 1. The molecular weight excluding hydrogens is 378 g/mol. The Bertz CT molecular complexity index is 956. The van der Waals surface area contributed by atoms with Gasteiger partial charge in [0.25, 0.3) is 0 Å². The molecule has 2 aliphatic rings. The fourth-order valence-corrected chi connectivity index (χ4v) is 5.39. The monoisotopic (exact) mass is 407 g/mol. The van der Waals surface area contributed by atoms with E-state index in [0.29, 0.717) is 0 Å². The number of rotatable bonds is 4. The quantitative estimate of drug-likeness (QED) is 0.651. The van der Waals surface area contributed by atoms with Crippen LogP contribution < -0.4 is 4.90 Å². The minimum absolute atomic E-state index is 0.870. The van der Waals surface area contributed by atoms with Gasteiger partial charge in [-0.3, -0.25) is 4.90 Å². The second kappa shape index (κ2) is 8.38. The van der Waals surface area contributed by atoms with E-state index in [9.17, 15) is 0 Å². The fraction of sp³-hybridized carbons (Fsp3) is 0.478. The van der Waals surface area contributed by atoms with Gasteiger partial charge in [-0.2, -0.15) is 0 Å². The highest BCUT2D eigenvalue weighted by atomic mass is 32.1. The summed E-state index contributed by atoms with van der Waals surface area (Å²) in [7, 11) is 2.20. The summed E-state index contributed by atoms with van der Waals surface area (Å²) in [5.41, 5.74) is 2.52. The van der Waals surface area contributed by atoms with Crippen molar-refractivity contribution in [1.82, 2.24) is 19.8 Å². The SMILES string of the molecule is CN1CCN(c2nc(CN3CCCCC3)nc3scc(-c4ccccc4)c23)CC1. The van der Waals surface area contributed by atoms with E-state index in [0.717, 1.165) is 49.2 Å². The highest BCUT2D eigenvalue weighted by Gasteiger charge is 2.23. The number of anilines is 1. The Kier molecular flexibility index (Phi) is 5.48. The Labute approximate surface area is 177 Å². The molecule has 0 saturated carbocycles. The van der Waals surface area contributed by atoms with Crippen molar-refractivity contribution in [2.24, 2.45) is 0 Å². The highest BCUT2D eigenvalue weighted by Crippen LogP contribution is 2.38. The summed E-state index contributed by atoms with van der Waals surface area (Å²) >= 11 is 1.76. The number of fused-ring (bicyclic) bond motifs is 1. The van der Waals surface area contributed by atoms with Crippen LogP contribution in [-0.2, 0) is 6.54 Å². The Morgan fingerprint density at radius 1 is 0.897 bits per heavy atom. The van der Waals surface area contributed by atoms with Crippen molar-refractivity contribution in [3.63, 3.8) is 0 Å². The zero-order valence-corrected chi connectivity index (χ0v) is 18.0. The maximum atomic E-state index is 5.16. The lowest BCUT2D eigenvalue weighted by Crippen LogP contribution is -2.45. The van der Waals surface area contributed by atoms with E-state index >= 15 is 0 Å². The second-order valence-corrected chi connectivity index (χ2v) is 9.14. The summed E-state index contributed by atoms with van der Waals surface area (Å²) in [6.45, 7) is 7.42. The maximum absolute atomic E-state index is 5.16. The van der Waals surface area contributed by atoms with Gasteiger partial charge in [-0.05, 0) is 38.5 Å². The van der Waals surface area contributed by atoms with Crippen molar-refractivity contribution >= 4 is 27.4 Å². The highest BCUT2D eigenvalue weighted by molar-refractivity contribution is 7.17. The molecule has 29 heavy (non-hydrogen) atoms. The lowest BCUT2D eigenvalue weighted by molar-refractivity contribution is 0.216. The number of benzene rings is 1. The van der Waals surface area contributed by atoms with Gasteiger partial charge in [-0.1, -0.05) is 36.8 Å². The molecule has 5 rings (SSSR count). The molecule has 3 aromatic rings. The molecular formula is C23H29N5S. The van der Waals surface area contributed by atoms with E-state index in [1.165, 1.54) is 48.9 Å². The van der Waals surface area contributed by atoms with Crippen LogP contribution >= 0.6 is 11.3 Å². The number of likely N-dealkylation sites (tertiary alicyclic amines) is 1. The van der Waals surface area contributed by atoms with Gasteiger partial charge >= 0.3 is 0 Å². The molecule has 0 amide bonds. The van der Waals surface area contributed by atoms with Crippen LogP contribution in [0.2, 0.25) is 0 Å². The van der Waals surface area contributed by atoms with Crippen LogP contribution in [0.15, 0.2) is 35.7 Å². The number of piperazine rings is 1. The molecule has 2 saturated heterocycles. The van der Waals surface area contributed by atoms with E-state index in [-0.39, 0.29) is 0 Å². The molecule has 0 aliphatic carbocycles. The third-order valence-corrected chi connectivity index (χ3v) is 7.03. The average Bonchev–Trinajstić information content (AvgIpc) is 3.19. The van der Waals surface area contributed by atoms with Gasteiger partial charge in [0, 0.05) is 37.1 Å². The first-order valence-electron chi connectivity index (χ1n) is 10.8. The minimum atomic E-state index is 0.870. The van der Waals surface area contributed by atoms with Crippen LogP contribution in [-0.4, -0.2) is 66.1 Å². The molecule has 1 aromatic carbocycles. The number of hydrogen-bond acceptors (Lipinski definition) is 6. The van der Waals surface area contributed by atoms with Crippen molar-refractivity contribution in [2.75, 3.05) is 51.2 Å². The van der Waals surface area contributed by atoms with E-state index < -0.39 is 0 Å². The summed E-state index contributed by atoms with van der Waals surface area (Å²) in [4.78, 5) is 18.7. The van der Waals surface area contributed by atoms with E-state index in [2.05, 4.69) is 57.5 Å². The number of aromatic nitrogens is 2. The average molecular weight is 408 g/mol. The third-order valence-electron chi connectivity index (χ3n) is 6.16. The van der Waals surface area contributed by atoms with Gasteiger partial charge in [0.1, 0.15) is 16.5 Å². The number of thiophene rings is 1. The second-order valence-electron chi connectivity index (χ2n) is 8.29. The molecule has 0 spiro atoms.